The Balaban J connectivity index is 1.73. The molecule has 1 N–H and O–H groups in total. The summed E-state index contributed by atoms with van der Waals surface area (Å²) in [5.74, 6) is 0.486. The lowest BCUT2D eigenvalue weighted by atomic mass is 10.2. The van der Waals surface area contributed by atoms with E-state index in [0.29, 0.717) is 29.5 Å². The molecule has 0 saturated heterocycles. The van der Waals surface area contributed by atoms with Gasteiger partial charge in [-0.25, -0.2) is 4.98 Å². The van der Waals surface area contributed by atoms with E-state index in [1.165, 1.54) is 11.3 Å². The van der Waals surface area contributed by atoms with Gasteiger partial charge in [-0.05, 0) is 30.3 Å². The molecule has 2 aromatic carbocycles. The van der Waals surface area contributed by atoms with Gasteiger partial charge in [-0.1, -0.05) is 29.5 Å². The molecule has 0 radical (unpaired) electrons. The van der Waals surface area contributed by atoms with Gasteiger partial charge in [0, 0.05) is 12.0 Å². The number of halogens is 1. The molecule has 6 heteroatoms. The maximum Gasteiger partial charge on any atom is 0.257 e. The largest absolute Gasteiger partial charge is 0.493 e. The molecule has 0 fully saturated rings. The molecule has 3 aromatic rings. The molecule has 0 unspecified atom stereocenters. The lowest BCUT2D eigenvalue weighted by Gasteiger charge is -2.03. The lowest BCUT2D eigenvalue weighted by molar-refractivity contribution is 0.102. The van der Waals surface area contributed by atoms with Crippen LogP contribution in [0.1, 0.15) is 16.8 Å². The summed E-state index contributed by atoms with van der Waals surface area (Å²) < 4.78 is 18.5. The number of fused-ring (bicyclic) bond motifs is 1. The number of carbonyl (C=O) groups is 1. The Labute approximate surface area is 136 Å². The first-order chi connectivity index (χ1) is 11.3. The smallest absolute Gasteiger partial charge is 0.257 e. The maximum atomic E-state index is 12.1. The van der Waals surface area contributed by atoms with E-state index in [0.717, 1.165) is 10.2 Å². The first-order valence-corrected chi connectivity index (χ1v) is 8.03. The number of anilines is 1. The predicted molar refractivity (Wildman–Crippen MR) is 90.1 cm³/mol. The van der Waals surface area contributed by atoms with E-state index < -0.39 is 6.67 Å². The van der Waals surface area contributed by atoms with E-state index in [9.17, 15) is 9.18 Å². The summed E-state index contributed by atoms with van der Waals surface area (Å²) in [6.45, 7) is -0.0448. The highest BCUT2D eigenvalue weighted by molar-refractivity contribution is 7.22. The number of hydrogen-bond acceptors (Lipinski definition) is 4. The molecule has 0 aliphatic heterocycles. The van der Waals surface area contributed by atoms with Gasteiger partial charge in [0.05, 0.1) is 23.5 Å². The standard InChI is InChI=1S/C17H15FN2O2S/c18-9-4-10-22-13-7-8-14-15(11-13)23-17(19-14)20-16(21)12-5-2-1-3-6-12/h1-3,5-8,11H,4,9-10H2,(H,19,20,21). The topological polar surface area (TPSA) is 51.2 Å². The SMILES string of the molecule is O=C(Nc1nc2ccc(OCCCF)cc2s1)c1ccccc1. The highest BCUT2D eigenvalue weighted by Crippen LogP contribution is 2.29. The zero-order valence-corrected chi connectivity index (χ0v) is 13.1. The fourth-order valence-corrected chi connectivity index (χ4v) is 2.94. The van der Waals surface area contributed by atoms with Crippen LogP contribution in [-0.2, 0) is 0 Å². The molecular formula is C17H15FN2O2S. The van der Waals surface area contributed by atoms with Gasteiger partial charge in [-0.2, -0.15) is 0 Å². The van der Waals surface area contributed by atoms with Crippen molar-refractivity contribution in [3.63, 3.8) is 0 Å². The average Bonchev–Trinajstić information content (AvgIpc) is 2.97. The van der Waals surface area contributed by atoms with Crippen molar-refractivity contribution in [2.45, 2.75) is 6.42 Å². The quantitative estimate of drug-likeness (QED) is 0.686. The summed E-state index contributed by atoms with van der Waals surface area (Å²) >= 11 is 1.38. The highest BCUT2D eigenvalue weighted by Gasteiger charge is 2.10. The number of amides is 1. The van der Waals surface area contributed by atoms with E-state index in [1.807, 2.05) is 30.3 Å². The Morgan fingerprint density at radius 2 is 2.04 bits per heavy atom. The fraction of sp³-hybridized carbons (Fsp3) is 0.176. The second-order valence-corrected chi connectivity index (χ2v) is 5.89. The summed E-state index contributed by atoms with van der Waals surface area (Å²) in [5.41, 5.74) is 1.37. The number of rotatable bonds is 6. The Kier molecular flexibility index (Phi) is 4.83. The second-order valence-electron chi connectivity index (χ2n) is 4.86. The van der Waals surface area contributed by atoms with E-state index in [-0.39, 0.29) is 5.91 Å². The molecule has 0 aliphatic rings. The van der Waals surface area contributed by atoms with Gasteiger partial charge in [-0.3, -0.25) is 14.5 Å². The summed E-state index contributed by atoms with van der Waals surface area (Å²) in [6.07, 6.45) is 0.374. The average molecular weight is 330 g/mol. The third kappa shape index (κ3) is 3.84. The molecule has 0 spiro atoms. The third-order valence-corrected chi connectivity index (χ3v) is 4.10. The highest BCUT2D eigenvalue weighted by atomic mass is 32.1. The number of nitrogens with one attached hydrogen (secondary N) is 1. The van der Waals surface area contributed by atoms with Crippen LogP contribution < -0.4 is 10.1 Å². The first kappa shape index (κ1) is 15.4. The summed E-state index contributed by atoms with van der Waals surface area (Å²) in [5, 5.41) is 3.33. The van der Waals surface area contributed by atoms with Gasteiger partial charge >= 0.3 is 0 Å². The predicted octanol–water partition coefficient (Wildman–Crippen LogP) is 4.29. The van der Waals surface area contributed by atoms with Crippen LogP contribution >= 0.6 is 11.3 Å². The molecule has 1 amide bonds. The van der Waals surface area contributed by atoms with Gasteiger partial charge < -0.3 is 4.74 Å². The molecule has 1 heterocycles. The van der Waals surface area contributed by atoms with Crippen LogP contribution in [0.25, 0.3) is 10.2 Å². The minimum atomic E-state index is -0.390. The molecule has 0 saturated carbocycles. The molecule has 23 heavy (non-hydrogen) atoms. The molecule has 0 aliphatic carbocycles. The van der Waals surface area contributed by atoms with Crippen molar-refractivity contribution in [1.82, 2.24) is 4.98 Å². The lowest BCUT2D eigenvalue weighted by Crippen LogP contribution is -2.11. The molecular weight excluding hydrogens is 315 g/mol. The van der Waals surface area contributed by atoms with Crippen molar-refractivity contribution in [3.05, 3.63) is 54.1 Å². The van der Waals surface area contributed by atoms with Crippen molar-refractivity contribution >= 4 is 32.6 Å². The van der Waals surface area contributed by atoms with Crippen molar-refractivity contribution < 1.29 is 13.9 Å². The van der Waals surface area contributed by atoms with E-state index in [1.54, 1.807) is 18.2 Å². The third-order valence-electron chi connectivity index (χ3n) is 3.16. The molecule has 1 aromatic heterocycles. The van der Waals surface area contributed by atoms with Crippen LogP contribution in [0.2, 0.25) is 0 Å². The molecule has 4 nitrogen and oxygen atoms in total. The molecule has 0 atom stereocenters. The monoisotopic (exact) mass is 330 g/mol. The van der Waals surface area contributed by atoms with Gasteiger partial charge in [0.2, 0.25) is 0 Å². The van der Waals surface area contributed by atoms with Crippen molar-refractivity contribution in [1.29, 1.82) is 0 Å². The summed E-state index contributed by atoms with van der Waals surface area (Å²) in [4.78, 5) is 16.5. The minimum absolute atomic E-state index is 0.191. The second kappa shape index (κ2) is 7.19. The number of benzene rings is 2. The maximum absolute atomic E-state index is 12.1. The van der Waals surface area contributed by atoms with Crippen LogP contribution in [0.4, 0.5) is 9.52 Å². The number of alkyl halides is 1. The van der Waals surface area contributed by atoms with Crippen molar-refractivity contribution in [2.75, 3.05) is 18.6 Å². The van der Waals surface area contributed by atoms with Gasteiger partial charge in [0.25, 0.3) is 5.91 Å². The Hall–Kier alpha value is -2.47. The minimum Gasteiger partial charge on any atom is -0.493 e. The van der Waals surface area contributed by atoms with Crippen LogP contribution in [0.5, 0.6) is 5.75 Å². The van der Waals surface area contributed by atoms with E-state index in [4.69, 9.17) is 4.74 Å². The van der Waals surface area contributed by atoms with Crippen LogP contribution in [0, 0.1) is 0 Å². The fourth-order valence-electron chi connectivity index (χ4n) is 2.05. The number of carbonyl (C=O) groups excluding carboxylic acids is 1. The Morgan fingerprint density at radius 1 is 1.22 bits per heavy atom. The van der Waals surface area contributed by atoms with E-state index >= 15 is 0 Å². The van der Waals surface area contributed by atoms with Crippen molar-refractivity contribution in [2.24, 2.45) is 0 Å². The normalized spacial score (nSPS) is 10.7. The molecule has 0 bridgehead atoms. The summed E-state index contributed by atoms with van der Waals surface area (Å²) in [7, 11) is 0. The van der Waals surface area contributed by atoms with E-state index in [2.05, 4.69) is 10.3 Å². The van der Waals surface area contributed by atoms with Crippen LogP contribution in [0.3, 0.4) is 0 Å². The zero-order valence-electron chi connectivity index (χ0n) is 12.3. The number of aromatic nitrogens is 1. The van der Waals surface area contributed by atoms with Crippen LogP contribution in [-0.4, -0.2) is 24.2 Å². The van der Waals surface area contributed by atoms with Crippen molar-refractivity contribution in [3.8, 4) is 5.75 Å². The van der Waals surface area contributed by atoms with Crippen LogP contribution in [0.15, 0.2) is 48.5 Å². The van der Waals surface area contributed by atoms with Gasteiger partial charge in [0.15, 0.2) is 5.13 Å². The van der Waals surface area contributed by atoms with Gasteiger partial charge in [0.1, 0.15) is 5.75 Å². The summed E-state index contributed by atoms with van der Waals surface area (Å²) in [6, 6.07) is 14.5. The van der Waals surface area contributed by atoms with Gasteiger partial charge in [-0.15, -0.1) is 0 Å². The number of thiazole rings is 1. The Bertz CT molecular complexity index is 805. The number of ether oxygens (including phenoxy) is 1. The first-order valence-electron chi connectivity index (χ1n) is 7.22. The molecule has 3 rings (SSSR count). The molecule has 118 valence electrons. The zero-order chi connectivity index (χ0) is 16.1. The number of hydrogen-bond donors (Lipinski definition) is 1. The Morgan fingerprint density at radius 3 is 2.83 bits per heavy atom. The number of nitrogens with zero attached hydrogens (tertiary/aromatic N) is 1.